The number of methoxy groups -OCH3 is 1. The molecule has 0 aliphatic carbocycles. The Labute approximate surface area is 74.6 Å². The maximum Gasteiger partial charge on any atom is 0.109 e. The lowest BCUT2D eigenvalue weighted by molar-refractivity contribution is 0.113. The minimum Gasteiger partial charge on any atom is -0.384 e. The van der Waals surface area contributed by atoms with Gasteiger partial charge in [0.05, 0.1) is 6.61 Å². The predicted molar refractivity (Wildman–Crippen MR) is 50.0 cm³/mol. The molecule has 0 N–H and O–H groups in total. The molecule has 0 heterocycles. The van der Waals surface area contributed by atoms with Crippen molar-refractivity contribution in [3.8, 4) is 0 Å². The van der Waals surface area contributed by atoms with Gasteiger partial charge in [0.15, 0.2) is 0 Å². The first-order valence-electron chi connectivity index (χ1n) is 4.41. The van der Waals surface area contributed by atoms with E-state index in [1.165, 1.54) is 0 Å². The van der Waals surface area contributed by atoms with Crippen molar-refractivity contribution in [3.63, 3.8) is 0 Å². The van der Waals surface area contributed by atoms with E-state index in [0.717, 1.165) is 12.0 Å². The third-order valence-electron chi connectivity index (χ3n) is 1.98. The van der Waals surface area contributed by atoms with Crippen molar-refractivity contribution in [1.82, 2.24) is 0 Å². The fourth-order valence-corrected chi connectivity index (χ4v) is 1.21. The van der Waals surface area contributed by atoms with Gasteiger partial charge in [0.1, 0.15) is 6.17 Å². The largest absolute Gasteiger partial charge is 0.384 e. The number of halogens is 1. The highest BCUT2D eigenvalue weighted by molar-refractivity contribution is 4.99. The minimum absolute atomic E-state index is 0.130. The van der Waals surface area contributed by atoms with Gasteiger partial charge in [-0.15, -0.1) is 0 Å². The summed E-state index contributed by atoms with van der Waals surface area (Å²) in [6, 6.07) is 0. The van der Waals surface area contributed by atoms with Crippen molar-refractivity contribution in [3.05, 3.63) is 12.2 Å². The molecular formula is C10H19FO. The fourth-order valence-electron chi connectivity index (χ4n) is 1.21. The molecule has 2 heteroatoms. The molecule has 0 aliphatic heterocycles. The molecule has 0 rings (SSSR count). The molecule has 0 spiro atoms. The lowest BCUT2D eigenvalue weighted by Crippen LogP contribution is -2.21. The monoisotopic (exact) mass is 174 g/mol. The number of rotatable bonds is 6. The molecule has 12 heavy (non-hydrogen) atoms. The van der Waals surface area contributed by atoms with Crippen LogP contribution in [0.25, 0.3) is 0 Å². The molecule has 0 saturated carbocycles. The Kier molecular flexibility index (Phi) is 5.99. The molecule has 1 nitrogen and oxygen atoms in total. The van der Waals surface area contributed by atoms with Gasteiger partial charge in [-0.25, -0.2) is 4.39 Å². The van der Waals surface area contributed by atoms with Crippen LogP contribution in [-0.4, -0.2) is 19.9 Å². The summed E-state index contributed by atoms with van der Waals surface area (Å²) >= 11 is 0. The maximum atomic E-state index is 13.4. The lowest BCUT2D eigenvalue weighted by Gasteiger charge is -2.19. The highest BCUT2D eigenvalue weighted by atomic mass is 19.1. The lowest BCUT2D eigenvalue weighted by atomic mass is 9.94. The second kappa shape index (κ2) is 6.18. The van der Waals surface area contributed by atoms with Crippen LogP contribution in [0.3, 0.4) is 0 Å². The Balaban J connectivity index is 3.99. The number of hydrogen-bond acceptors (Lipinski definition) is 1. The van der Waals surface area contributed by atoms with Gasteiger partial charge in [0, 0.05) is 13.0 Å². The average Bonchev–Trinajstić information content (AvgIpc) is 1.99. The quantitative estimate of drug-likeness (QED) is 0.562. The molecule has 0 fully saturated rings. The zero-order valence-electron chi connectivity index (χ0n) is 8.27. The molecule has 72 valence electrons. The van der Waals surface area contributed by atoms with Crippen molar-refractivity contribution in [2.45, 2.75) is 32.9 Å². The van der Waals surface area contributed by atoms with Crippen LogP contribution in [-0.2, 0) is 4.74 Å². The van der Waals surface area contributed by atoms with Gasteiger partial charge in [0.2, 0.25) is 0 Å². The van der Waals surface area contributed by atoms with E-state index in [9.17, 15) is 4.39 Å². The van der Waals surface area contributed by atoms with Crippen LogP contribution in [0.5, 0.6) is 0 Å². The van der Waals surface area contributed by atoms with Gasteiger partial charge in [-0.05, 0) is 13.3 Å². The number of ether oxygens (including phenoxy) is 1. The summed E-state index contributed by atoms with van der Waals surface area (Å²) in [4.78, 5) is 0. The molecule has 0 amide bonds. The first kappa shape index (κ1) is 11.6. The molecular weight excluding hydrogens is 155 g/mol. The topological polar surface area (TPSA) is 9.23 Å². The van der Waals surface area contributed by atoms with Crippen molar-refractivity contribution in [1.29, 1.82) is 0 Å². The zero-order chi connectivity index (χ0) is 9.56. The minimum atomic E-state index is -0.799. The first-order chi connectivity index (χ1) is 5.63. The van der Waals surface area contributed by atoms with E-state index in [2.05, 4.69) is 6.58 Å². The van der Waals surface area contributed by atoms with Gasteiger partial charge in [0.25, 0.3) is 0 Å². The Morgan fingerprint density at radius 3 is 2.50 bits per heavy atom. The summed E-state index contributed by atoms with van der Waals surface area (Å²) in [5, 5.41) is 0. The molecule has 0 aromatic carbocycles. The molecule has 0 bridgehead atoms. The summed E-state index contributed by atoms with van der Waals surface area (Å²) in [5.74, 6) is -0.130. The molecule has 2 unspecified atom stereocenters. The molecule has 2 atom stereocenters. The second-order valence-corrected chi connectivity index (χ2v) is 3.21. The normalized spacial score (nSPS) is 15.7. The van der Waals surface area contributed by atoms with E-state index in [4.69, 9.17) is 4.74 Å². The molecule has 0 aliphatic rings. The van der Waals surface area contributed by atoms with Crippen LogP contribution < -0.4 is 0 Å². The van der Waals surface area contributed by atoms with Gasteiger partial charge < -0.3 is 4.74 Å². The third-order valence-corrected chi connectivity index (χ3v) is 1.98. The Hall–Kier alpha value is -0.370. The smallest absolute Gasteiger partial charge is 0.109 e. The highest BCUT2D eigenvalue weighted by Gasteiger charge is 2.20. The first-order valence-corrected chi connectivity index (χ1v) is 4.41. The van der Waals surface area contributed by atoms with Crippen LogP contribution in [0.4, 0.5) is 4.39 Å². The van der Waals surface area contributed by atoms with E-state index in [1.54, 1.807) is 7.11 Å². The van der Waals surface area contributed by atoms with Gasteiger partial charge in [-0.3, -0.25) is 0 Å². The Bertz CT molecular complexity index is 134. The Morgan fingerprint density at radius 2 is 2.17 bits per heavy atom. The van der Waals surface area contributed by atoms with Crippen LogP contribution in [0.1, 0.15) is 26.7 Å². The van der Waals surface area contributed by atoms with E-state index in [1.807, 2.05) is 13.8 Å². The SMILES string of the molecule is C=C(C)C(COC)C(F)CCC. The molecule has 0 aromatic heterocycles. The van der Waals surface area contributed by atoms with E-state index in [0.29, 0.717) is 13.0 Å². The number of hydrogen-bond donors (Lipinski definition) is 0. The summed E-state index contributed by atoms with van der Waals surface area (Å²) in [6.45, 7) is 8.03. The van der Waals surface area contributed by atoms with Crippen LogP contribution in [0, 0.1) is 5.92 Å². The zero-order valence-corrected chi connectivity index (χ0v) is 8.27. The summed E-state index contributed by atoms with van der Waals surface area (Å²) in [6.07, 6.45) is 0.669. The number of alkyl halides is 1. The predicted octanol–water partition coefficient (Wildman–Crippen LogP) is 2.96. The average molecular weight is 174 g/mol. The molecule has 0 aromatic rings. The van der Waals surface area contributed by atoms with Crippen molar-refractivity contribution < 1.29 is 9.13 Å². The second-order valence-electron chi connectivity index (χ2n) is 3.21. The Morgan fingerprint density at radius 1 is 1.58 bits per heavy atom. The van der Waals surface area contributed by atoms with E-state index < -0.39 is 6.17 Å². The maximum absolute atomic E-state index is 13.4. The van der Waals surface area contributed by atoms with Crippen molar-refractivity contribution >= 4 is 0 Å². The van der Waals surface area contributed by atoms with Gasteiger partial charge in [-0.1, -0.05) is 25.5 Å². The summed E-state index contributed by atoms with van der Waals surface area (Å²) in [7, 11) is 1.59. The van der Waals surface area contributed by atoms with E-state index in [-0.39, 0.29) is 5.92 Å². The fraction of sp³-hybridized carbons (Fsp3) is 0.800. The van der Waals surface area contributed by atoms with E-state index >= 15 is 0 Å². The van der Waals surface area contributed by atoms with Crippen molar-refractivity contribution in [2.75, 3.05) is 13.7 Å². The van der Waals surface area contributed by atoms with Crippen molar-refractivity contribution in [2.24, 2.45) is 5.92 Å². The standard InChI is InChI=1S/C10H19FO/c1-5-6-10(11)9(7-12-4)8(2)3/h9-10H,2,5-7H2,1,3-4H3. The highest BCUT2D eigenvalue weighted by Crippen LogP contribution is 2.20. The van der Waals surface area contributed by atoms with Crippen LogP contribution >= 0.6 is 0 Å². The molecule has 0 saturated heterocycles. The van der Waals surface area contributed by atoms with Gasteiger partial charge >= 0.3 is 0 Å². The van der Waals surface area contributed by atoms with Crippen LogP contribution in [0.2, 0.25) is 0 Å². The van der Waals surface area contributed by atoms with Crippen LogP contribution in [0.15, 0.2) is 12.2 Å². The third kappa shape index (κ3) is 3.86. The summed E-state index contributed by atoms with van der Waals surface area (Å²) < 4.78 is 18.3. The molecule has 0 radical (unpaired) electrons. The van der Waals surface area contributed by atoms with Gasteiger partial charge in [-0.2, -0.15) is 0 Å². The summed E-state index contributed by atoms with van der Waals surface area (Å²) in [5.41, 5.74) is 0.873.